The van der Waals surface area contributed by atoms with Crippen molar-refractivity contribution in [3.8, 4) is 11.8 Å². The van der Waals surface area contributed by atoms with E-state index in [1.807, 2.05) is 30.3 Å². The minimum absolute atomic E-state index is 0.257. The first kappa shape index (κ1) is 16.5. The van der Waals surface area contributed by atoms with Crippen molar-refractivity contribution in [3.63, 3.8) is 0 Å². The minimum Gasteiger partial charge on any atom is -0.494 e. The monoisotopic (exact) mass is 312 g/mol. The summed E-state index contributed by atoms with van der Waals surface area (Å²) in [6, 6.07) is 9.60. The third-order valence-corrected chi connectivity index (χ3v) is 3.21. The van der Waals surface area contributed by atoms with E-state index in [0.717, 1.165) is 24.5 Å². The van der Waals surface area contributed by atoms with E-state index < -0.39 is 0 Å². The lowest BCUT2D eigenvalue weighted by Gasteiger charge is -2.07. The van der Waals surface area contributed by atoms with Gasteiger partial charge in [0.25, 0.3) is 0 Å². The van der Waals surface area contributed by atoms with Crippen molar-refractivity contribution in [2.45, 2.75) is 32.6 Å². The number of nitrogens with zero attached hydrogens (tertiary/aromatic N) is 4. The molecule has 2 N–H and O–H groups in total. The molecular formula is C16H20N6O. The Hall–Kier alpha value is -2.88. The van der Waals surface area contributed by atoms with Crippen molar-refractivity contribution in [2.24, 2.45) is 0 Å². The van der Waals surface area contributed by atoms with Crippen LogP contribution in [0.15, 0.2) is 30.5 Å². The van der Waals surface area contributed by atoms with Gasteiger partial charge >= 0.3 is 0 Å². The number of tetrazole rings is 1. The third-order valence-electron chi connectivity index (χ3n) is 3.21. The molecule has 0 radical (unpaired) electrons. The van der Waals surface area contributed by atoms with Gasteiger partial charge in [0.05, 0.1) is 6.61 Å². The Balaban J connectivity index is 1.84. The molecule has 0 saturated heterocycles. The van der Waals surface area contributed by atoms with Crippen molar-refractivity contribution in [3.05, 3.63) is 36.3 Å². The summed E-state index contributed by atoms with van der Waals surface area (Å²) in [6.07, 6.45) is 6.30. The number of H-pyrrole nitrogens is 1. The Morgan fingerprint density at radius 3 is 2.78 bits per heavy atom. The van der Waals surface area contributed by atoms with Crippen LogP contribution in [0.25, 0.3) is 5.57 Å². The zero-order chi connectivity index (χ0) is 16.3. The van der Waals surface area contributed by atoms with E-state index in [-0.39, 0.29) is 5.82 Å². The molecule has 0 spiro atoms. The summed E-state index contributed by atoms with van der Waals surface area (Å²) >= 11 is 0. The molecule has 0 atom stereocenters. The molecule has 7 nitrogen and oxygen atoms in total. The number of hydrogen-bond acceptors (Lipinski definition) is 6. The molecule has 0 saturated carbocycles. The molecule has 0 amide bonds. The molecule has 7 heteroatoms. The fourth-order valence-electron chi connectivity index (χ4n) is 1.94. The van der Waals surface area contributed by atoms with Gasteiger partial charge in [0.15, 0.2) is 0 Å². The lowest BCUT2D eigenvalue weighted by molar-refractivity contribution is 0.305. The van der Waals surface area contributed by atoms with Gasteiger partial charge in [-0.2, -0.15) is 10.5 Å². The molecule has 0 bridgehead atoms. The molecular weight excluding hydrogens is 292 g/mol. The van der Waals surface area contributed by atoms with Crippen LogP contribution >= 0.6 is 0 Å². The lowest BCUT2D eigenvalue weighted by Crippen LogP contribution is -1.97. The summed E-state index contributed by atoms with van der Waals surface area (Å²) < 4.78 is 5.69. The summed E-state index contributed by atoms with van der Waals surface area (Å²) in [4.78, 5) is 0. The number of hydrogen-bond donors (Lipinski definition) is 2. The molecule has 0 aliphatic carbocycles. The molecule has 1 aromatic carbocycles. The Kier molecular flexibility index (Phi) is 6.60. The van der Waals surface area contributed by atoms with Crippen molar-refractivity contribution < 1.29 is 4.74 Å². The highest BCUT2D eigenvalue weighted by molar-refractivity contribution is 5.74. The van der Waals surface area contributed by atoms with E-state index >= 15 is 0 Å². The zero-order valence-corrected chi connectivity index (χ0v) is 13.1. The average molecular weight is 312 g/mol. The third kappa shape index (κ3) is 5.43. The number of anilines is 1. The van der Waals surface area contributed by atoms with Crippen LogP contribution in [0.3, 0.4) is 0 Å². The first-order valence-corrected chi connectivity index (χ1v) is 7.67. The summed E-state index contributed by atoms with van der Waals surface area (Å²) in [5, 5.41) is 25.4. The highest BCUT2D eigenvalue weighted by Crippen LogP contribution is 2.17. The number of allylic oxidation sites excluding steroid dienone is 1. The number of aromatic amines is 1. The fourth-order valence-corrected chi connectivity index (χ4v) is 1.94. The van der Waals surface area contributed by atoms with Gasteiger partial charge in [-0.25, -0.2) is 0 Å². The molecule has 2 aromatic rings. The van der Waals surface area contributed by atoms with Gasteiger partial charge in [0, 0.05) is 11.9 Å². The van der Waals surface area contributed by atoms with E-state index in [2.05, 4.69) is 32.9 Å². The van der Waals surface area contributed by atoms with Crippen LogP contribution in [0.5, 0.6) is 5.75 Å². The fraction of sp³-hybridized carbons (Fsp3) is 0.375. The number of unbranched alkanes of at least 4 members (excludes halogenated alkanes) is 3. The second kappa shape index (κ2) is 9.20. The summed E-state index contributed by atoms with van der Waals surface area (Å²) in [5.74, 6) is 1.10. The number of rotatable bonds is 9. The van der Waals surface area contributed by atoms with Crippen molar-refractivity contribution in [1.29, 1.82) is 5.26 Å². The second-order valence-electron chi connectivity index (χ2n) is 4.98. The van der Waals surface area contributed by atoms with E-state index in [0.29, 0.717) is 5.57 Å². The van der Waals surface area contributed by atoms with Crippen LogP contribution in [0.1, 0.15) is 38.4 Å². The topological polar surface area (TPSA) is 99.5 Å². The van der Waals surface area contributed by atoms with Crippen LogP contribution in [-0.2, 0) is 0 Å². The normalized spacial score (nSPS) is 11.0. The number of nitriles is 1. The molecule has 2 rings (SSSR count). The highest BCUT2D eigenvalue weighted by Gasteiger charge is 2.05. The maximum atomic E-state index is 9.08. The lowest BCUT2D eigenvalue weighted by atomic mass is 10.2. The molecule has 0 fully saturated rings. The van der Waals surface area contributed by atoms with Gasteiger partial charge in [-0.05, 0) is 35.9 Å². The van der Waals surface area contributed by atoms with Crippen LogP contribution in [0, 0.1) is 11.3 Å². The first-order valence-electron chi connectivity index (χ1n) is 7.67. The molecule has 1 heterocycles. The molecule has 120 valence electrons. The smallest absolute Gasteiger partial charge is 0.216 e. The molecule has 0 aliphatic heterocycles. The Bertz CT molecular complexity index is 642. The SMILES string of the molecule is CCCCCCOc1ccc(NC=C(C#N)c2nn[nH]n2)cc1. The van der Waals surface area contributed by atoms with Crippen LogP contribution in [-0.4, -0.2) is 27.2 Å². The van der Waals surface area contributed by atoms with Gasteiger partial charge in [-0.3, -0.25) is 0 Å². The predicted octanol–water partition coefficient (Wildman–Crippen LogP) is 3.14. The van der Waals surface area contributed by atoms with E-state index in [4.69, 9.17) is 10.00 Å². The maximum absolute atomic E-state index is 9.08. The standard InChI is InChI=1S/C16H20N6O/c1-2-3-4-5-10-23-15-8-6-14(7-9-15)18-12-13(11-17)16-19-21-22-20-16/h6-9,12,18H,2-5,10H2,1H3,(H,19,20,21,22). The summed E-state index contributed by atoms with van der Waals surface area (Å²) in [5.41, 5.74) is 1.15. The number of nitrogens with one attached hydrogen (secondary N) is 2. The molecule has 23 heavy (non-hydrogen) atoms. The van der Waals surface area contributed by atoms with Crippen molar-refractivity contribution in [1.82, 2.24) is 20.6 Å². The number of benzene rings is 1. The number of aromatic nitrogens is 4. The quantitative estimate of drug-likeness (QED) is 0.545. The van der Waals surface area contributed by atoms with Gasteiger partial charge in [-0.15, -0.1) is 10.2 Å². The first-order chi connectivity index (χ1) is 11.3. The predicted molar refractivity (Wildman–Crippen MR) is 87.5 cm³/mol. The Morgan fingerprint density at radius 2 is 2.13 bits per heavy atom. The minimum atomic E-state index is 0.257. The van der Waals surface area contributed by atoms with Crippen LogP contribution < -0.4 is 10.1 Å². The Morgan fingerprint density at radius 1 is 1.30 bits per heavy atom. The van der Waals surface area contributed by atoms with Crippen molar-refractivity contribution >= 4 is 11.3 Å². The molecule has 1 aromatic heterocycles. The Labute approximate surface area is 135 Å². The van der Waals surface area contributed by atoms with E-state index in [1.165, 1.54) is 19.3 Å². The van der Waals surface area contributed by atoms with Crippen LogP contribution in [0.4, 0.5) is 5.69 Å². The summed E-state index contributed by atoms with van der Waals surface area (Å²) in [7, 11) is 0. The van der Waals surface area contributed by atoms with E-state index in [1.54, 1.807) is 6.20 Å². The highest BCUT2D eigenvalue weighted by atomic mass is 16.5. The second-order valence-corrected chi connectivity index (χ2v) is 4.98. The average Bonchev–Trinajstić information content (AvgIpc) is 3.11. The largest absolute Gasteiger partial charge is 0.494 e. The zero-order valence-electron chi connectivity index (χ0n) is 13.1. The van der Waals surface area contributed by atoms with Gasteiger partial charge in [0.2, 0.25) is 5.82 Å². The van der Waals surface area contributed by atoms with Crippen LogP contribution in [0.2, 0.25) is 0 Å². The van der Waals surface area contributed by atoms with Gasteiger partial charge in [-0.1, -0.05) is 26.2 Å². The number of ether oxygens (including phenoxy) is 1. The van der Waals surface area contributed by atoms with Gasteiger partial charge in [0.1, 0.15) is 17.4 Å². The summed E-state index contributed by atoms with van der Waals surface area (Å²) in [6.45, 7) is 2.93. The van der Waals surface area contributed by atoms with Gasteiger partial charge < -0.3 is 10.1 Å². The molecule has 0 aliphatic rings. The molecule has 0 unspecified atom stereocenters. The maximum Gasteiger partial charge on any atom is 0.216 e. The van der Waals surface area contributed by atoms with E-state index in [9.17, 15) is 0 Å². The van der Waals surface area contributed by atoms with Crippen molar-refractivity contribution in [2.75, 3.05) is 11.9 Å².